The predicted octanol–water partition coefficient (Wildman–Crippen LogP) is 0.969. The normalized spacial score (nSPS) is 18.1. The first-order valence-electron chi connectivity index (χ1n) is 7.82. The summed E-state index contributed by atoms with van der Waals surface area (Å²) < 4.78 is 7.13. The molecule has 2 N–H and O–H groups in total. The number of ether oxygens (including phenoxy) is 1. The van der Waals surface area contributed by atoms with Gasteiger partial charge >= 0.3 is 0 Å². The number of aromatic nitrogens is 3. The molecule has 1 aliphatic rings. The Morgan fingerprint density at radius 3 is 3.13 bits per heavy atom. The third-order valence-electron chi connectivity index (χ3n) is 3.81. The van der Waals surface area contributed by atoms with E-state index in [0.717, 1.165) is 43.5 Å². The van der Waals surface area contributed by atoms with Crippen LogP contribution in [0.1, 0.15) is 12.0 Å². The largest absolute Gasteiger partial charge is 0.381 e. The lowest BCUT2D eigenvalue weighted by Gasteiger charge is -2.14. The van der Waals surface area contributed by atoms with Crippen molar-refractivity contribution in [2.24, 2.45) is 10.9 Å². The van der Waals surface area contributed by atoms with Gasteiger partial charge in [-0.2, -0.15) is 5.10 Å². The zero-order chi connectivity index (χ0) is 15.9. The van der Waals surface area contributed by atoms with Gasteiger partial charge in [0.1, 0.15) is 0 Å². The molecule has 0 amide bonds. The molecule has 7 heteroatoms. The summed E-state index contributed by atoms with van der Waals surface area (Å²) in [4.78, 5) is 8.59. The molecule has 1 aliphatic heterocycles. The van der Waals surface area contributed by atoms with Crippen LogP contribution in [-0.2, 0) is 11.3 Å². The highest BCUT2D eigenvalue weighted by molar-refractivity contribution is 5.79. The highest BCUT2D eigenvalue weighted by atomic mass is 16.5. The number of hydrogen-bond acceptors (Lipinski definition) is 4. The van der Waals surface area contributed by atoms with Crippen LogP contribution in [0.5, 0.6) is 0 Å². The molecule has 2 aromatic heterocycles. The molecule has 2 aromatic rings. The number of nitrogens with zero attached hydrogens (tertiary/aromatic N) is 4. The van der Waals surface area contributed by atoms with Crippen LogP contribution in [0, 0.1) is 5.92 Å². The van der Waals surface area contributed by atoms with Crippen molar-refractivity contribution in [3.63, 3.8) is 0 Å². The molecule has 1 unspecified atom stereocenters. The zero-order valence-corrected chi connectivity index (χ0v) is 13.3. The van der Waals surface area contributed by atoms with E-state index in [-0.39, 0.29) is 0 Å². The van der Waals surface area contributed by atoms with E-state index in [4.69, 9.17) is 4.74 Å². The molecule has 3 heterocycles. The standard InChI is InChI=1S/C16H22N6O/c1-17-16(20-11-14-4-8-23-12-14)19-10-13-3-6-18-15(9-13)22-7-2-5-21-22/h2-3,5-7,9,14H,4,8,10-12H2,1H3,(H2,17,19,20). The first-order chi connectivity index (χ1) is 11.3. The summed E-state index contributed by atoms with van der Waals surface area (Å²) in [7, 11) is 1.78. The van der Waals surface area contributed by atoms with Crippen molar-refractivity contribution >= 4 is 5.96 Å². The summed E-state index contributed by atoms with van der Waals surface area (Å²) in [6.07, 6.45) is 6.52. The molecule has 0 aliphatic carbocycles. The fourth-order valence-electron chi connectivity index (χ4n) is 2.49. The fraction of sp³-hybridized carbons (Fsp3) is 0.438. The van der Waals surface area contributed by atoms with Gasteiger partial charge in [-0.3, -0.25) is 4.99 Å². The highest BCUT2D eigenvalue weighted by Gasteiger charge is 2.15. The van der Waals surface area contributed by atoms with Gasteiger partial charge in [0.25, 0.3) is 0 Å². The molecule has 0 radical (unpaired) electrons. The molecule has 0 bridgehead atoms. The molecule has 7 nitrogen and oxygen atoms in total. The lowest BCUT2D eigenvalue weighted by molar-refractivity contribution is 0.186. The zero-order valence-electron chi connectivity index (χ0n) is 13.3. The number of pyridine rings is 1. The predicted molar refractivity (Wildman–Crippen MR) is 88.5 cm³/mol. The van der Waals surface area contributed by atoms with Crippen LogP contribution in [0.4, 0.5) is 0 Å². The van der Waals surface area contributed by atoms with Gasteiger partial charge in [0.15, 0.2) is 11.8 Å². The maximum absolute atomic E-state index is 5.39. The van der Waals surface area contributed by atoms with E-state index in [9.17, 15) is 0 Å². The Hall–Kier alpha value is -2.41. The van der Waals surface area contributed by atoms with Crippen molar-refractivity contribution in [3.8, 4) is 5.82 Å². The molecule has 122 valence electrons. The molecule has 3 rings (SSSR count). The average Bonchev–Trinajstić information content (AvgIpc) is 3.29. The maximum Gasteiger partial charge on any atom is 0.191 e. The number of hydrogen-bond donors (Lipinski definition) is 2. The van der Waals surface area contributed by atoms with E-state index < -0.39 is 0 Å². The second-order valence-corrected chi connectivity index (χ2v) is 5.51. The summed E-state index contributed by atoms with van der Waals surface area (Å²) in [6, 6.07) is 5.88. The van der Waals surface area contributed by atoms with Gasteiger partial charge in [-0.15, -0.1) is 0 Å². The Kier molecular flexibility index (Phi) is 5.21. The minimum atomic E-state index is 0.570. The van der Waals surface area contributed by atoms with Crippen LogP contribution in [0.3, 0.4) is 0 Å². The molecule has 23 heavy (non-hydrogen) atoms. The van der Waals surface area contributed by atoms with Crippen molar-refractivity contribution < 1.29 is 4.74 Å². The molecule has 0 saturated carbocycles. The molecule has 1 fully saturated rings. The lowest BCUT2D eigenvalue weighted by Crippen LogP contribution is -2.39. The molecular formula is C16H22N6O. The molecule has 1 saturated heterocycles. The van der Waals surface area contributed by atoms with E-state index in [1.165, 1.54) is 0 Å². The van der Waals surface area contributed by atoms with Crippen molar-refractivity contribution in [1.29, 1.82) is 0 Å². The number of guanidine groups is 1. The van der Waals surface area contributed by atoms with Crippen molar-refractivity contribution in [1.82, 2.24) is 25.4 Å². The Bertz CT molecular complexity index is 634. The van der Waals surface area contributed by atoms with Crippen LogP contribution < -0.4 is 10.6 Å². The van der Waals surface area contributed by atoms with E-state index in [0.29, 0.717) is 12.5 Å². The van der Waals surface area contributed by atoms with E-state index in [1.54, 1.807) is 24.1 Å². The maximum atomic E-state index is 5.39. The third-order valence-corrected chi connectivity index (χ3v) is 3.81. The van der Waals surface area contributed by atoms with Crippen LogP contribution in [0.2, 0.25) is 0 Å². The Morgan fingerprint density at radius 2 is 2.39 bits per heavy atom. The summed E-state index contributed by atoms with van der Waals surface area (Å²) in [5, 5.41) is 10.9. The minimum Gasteiger partial charge on any atom is -0.381 e. The molecule has 0 spiro atoms. The summed E-state index contributed by atoms with van der Waals surface area (Å²) in [5.74, 6) is 2.18. The van der Waals surface area contributed by atoms with Gasteiger partial charge in [0.2, 0.25) is 0 Å². The third kappa shape index (κ3) is 4.29. The van der Waals surface area contributed by atoms with Gasteiger partial charge < -0.3 is 15.4 Å². The number of aliphatic imine (C=N–C) groups is 1. The second-order valence-electron chi connectivity index (χ2n) is 5.51. The minimum absolute atomic E-state index is 0.570. The Balaban J connectivity index is 1.53. The van der Waals surface area contributed by atoms with Gasteiger partial charge in [-0.05, 0) is 30.2 Å². The lowest BCUT2D eigenvalue weighted by atomic mass is 10.1. The summed E-state index contributed by atoms with van der Waals surface area (Å²) in [6.45, 7) is 3.26. The monoisotopic (exact) mass is 314 g/mol. The number of nitrogens with one attached hydrogen (secondary N) is 2. The highest BCUT2D eigenvalue weighted by Crippen LogP contribution is 2.10. The summed E-state index contributed by atoms with van der Waals surface area (Å²) in [5.41, 5.74) is 1.12. The van der Waals surface area contributed by atoms with E-state index in [2.05, 4.69) is 25.7 Å². The van der Waals surface area contributed by atoms with Crippen LogP contribution >= 0.6 is 0 Å². The first-order valence-corrected chi connectivity index (χ1v) is 7.82. The van der Waals surface area contributed by atoms with Crippen molar-refractivity contribution in [2.45, 2.75) is 13.0 Å². The summed E-state index contributed by atoms with van der Waals surface area (Å²) >= 11 is 0. The topological polar surface area (TPSA) is 76.4 Å². The molecule has 0 aromatic carbocycles. The van der Waals surface area contributed by atoms with Crippen LogP contribution in [-0.4, -0.2) is 47.5 Å². The van der Waals surface area contributed by atoms with Crippen LogP contribution in [0.15, 0.2) is 41.8 Å². The van der Waals surface area contributed by atoms with Gasteiger partial charge in [-0.25, -0.2) is 9.67 Å². The quantitative estimate of drug-likeness (QED) is 0.635. The van der Waals surface area contributed by atoms with Gasteiger partial charge in [-0.1, -0.05) is 0 Å². The number of rotatable bonds is 5. The Labute approximate surface area is 135 Å². The first kappa shape index (κ1) is 15.5. The average molecular weight is 314 g/mol. The van der Waals surface area contributed by atoms with E-state index >= 15 is 0 Å². The fourth-order valence-corrected chi connectivity index (χ4v) is 2.49. The van der Waals surface area contributed by atoms with Crippen LogP contribution in [0.25, 0.3) is 5.82 Å². The Morgan fingerprint density at radius 1 is 1.43 bits per heavy atom. The van der Waals surface area contributed by atoms with Gasteiger partial charge in [0.05, 0.1) is 6.61 Å². The SMILES string of the molecule is CN=C(NCc1ccnc(-n2cccn2)c1)NCC1CCOC1. The van der Waals surface area contributed by atoms with Crippen molar-refractivity contribution in [3.05, 3.63) is 42.4 Å². The molecular weight excluding hydrogens is 292 g/mol. The smallest absolute Gasteiger partial charge is 0.191 e. The van der Waals surface area contributed by atoms with Gasteiger partial charge in [0, 0.05) is 51.3 Å². The second kappa shape index (κ2) is 7.73. The van der Waals surface area contributed by atoms with Crippen molar-refractivity contribution in [2.75, 3.05) is 26.8 Å². The van der Waals surface area contributed by atoms with E-state index in [1.807, 2.05) is 24.4 Å². The molecule has 1 atom stereocenters.